The molecule has 2 heterocycles. The highest BCUT2D eigenvalue weighted by Gasteiger charge is 2.19. The number of para-hydroxylation sites is 1. The molecule has 1 atom stereocenters. The van der Waals surface area contributed by atoms with E-state index in [4.69, 9.17) is 4.74 Å². The van der Waals surface area contributed by atoms with Crippen LogP contribution in [0.5, 0.6) is 5.75 Å². The van der Waals surface area contributed by atoms with Gasteiger partial charge in [-0.2, -0.15) is 0 Å². The molecule has 0 amide bonds. The number of nitrogens with one attached hydrogen (secondary N) is 1. The number of hydrogen-bond donors (Lipinski definition) is 1. The van der Waals surface area contributed by atoms with E-state index in [9.17, 15) is 4.79 Å². The van der Waals surface area contributed by atoms with Gasteiger partial charge >= 0.3 is 0 Å². The zero-order valence-corrected chi connectivity index (χ0v) is 14.5. The number of benzene rings is 2. The Morgan fingerprint density at radius 1 is 1.24 bits per heavy atom. The van der Waals surface area contributed by atoms with E-state index >= 15 is 0 Å². The van der Waals surface area contributed by atoms with Crippen LogP contribution in [0.15, 0.2) is 47.3 Å². The summed E-state index contributed by atoms with van der Waals surface area (Å²) in [5, 5.41) is 0.627. The van der Waals surface area contributed by atoms with Crippen molar-refractivity contribution in [1.82, 2.24) is 14.9 Å². The first-order valence-electron chi connectivity index (χ1n) is 8.53. The molecule has 2 aromatic carbocycles. The zero-order valence-electron chi connectivity index (χ0n) is 14.5. The molecule has 1 unspecified atom stereocenters. The second-order valence-electron chi connectivity index (χ2n) is 6.78. The summed E-state index contributed by atoms with van der Waals surface area (Å²) < 4.78 is 5.75. The molecule has 1 aliphatic heterocycles. The summed E-state index contributed by atoms with van der Waals surface area (Å²) in [5.41, 5.74) is 3.16. The Morgan fingerprint density at radius 3 is 2.96 bits per heavy atom. The van der Waals surface area contributed by atoms with E-state index in [1.807, 2.05) is 25.2 Å². The molecule has 128 valence electrons. The molecule has 1 aromatic heterocycles. The second-order valence-corrected chi connectivity index (χ2v) is 6.78. The standard InChI is InChI=1S/C20H21N3O2/c1-13-9-15-10-14(7-8-18(15)25-13)11-23(2)12-19-21-17-6-4-3-5-16(17)20(24)22-19/h3-8,10,13H,9,11-12H2,1-2H3,(H,21,22,24). The second kappa shape index (κ2) is 6.33. The maximum absolute atomic E-state index is 12.2. The van der Waals surface area contributed by atoms with Gasteiger partial charge in [0.2, 0.25) is 0 Å². The van der Waals surface area contributed by atoms with Gasteiger partial charge in [-0.15, -0.1) is 0 Å². The molecule has 0 saturated heterocycles. The third kappa shape index (κ3) is 3.28. The van der Waals surface area contributed by atoms with E-state index in [1.165, 1.54) is 11.1 Å². The van der Waals surface area contributed by atoms with Crippen molar-refractivity contribution in [3.05, 3.63) is 69.8 Å². The van der Waals surface area contributed by atoms with E-state index in [1.54, 1.807) is 6.07 Å². The maximum atomic E-state index is 12.2. The predicted octanol–water partition coefficient (Wildman–Crippen LogP) is 2.88. The highest BCUT2D eigenvalue weighted by molar-refractivity contribution is 5.77. The molecule has 0 spiro atoms. The van der Waals surface area contributed by atoms with Gasteiger partial charge in [-0.3, -0.25) is 9.69 Å². The van der Waals surface area contributed by atoms with Crippen LogP contribution in [-0.2, 0) is 19.5 Å². The Hall–Kier alpha value is -2.66. The molecule has 1 N–H and O–H groups in total. The van der Waals surface area contributed by atoms with Crippen molar-refractivity contribution in [2.45, 2.75) is 32.5 Å². The molecule has 0 aliphatic carbocycles. The number of nitrogens with zero attached hydrogens (tertiary/aromatic N) is 2. The van der Waals surface area contributed by atoms with Crippen LogP contribution in [0.25, 0.3) is 10.9 Å². The smallest absolute Gasteiger partial charge is 0.258 e. The van der Waals surface area contributed by atoms with Crippen molar-refractivity contribution in [3.8, 4) is 5.75 Å². The number of ether oxygens (including phenoxy) is 1. The molecule has 0 radical (unpaired) electrons. The summed E-state index contributed by atoms with van der Waals surface area (Å²) in [6.45, 7) is 3.47. The number of fused-ring (bicyclic) bond motifs is 2. The lowest BCUT2D eigenvalue weighted by Crippen LogP contribution is -2.21. The number of aromatic amines is 1. The van der Waals surface area contributed by atoms with Gasteiger partial charge in [0.1, 0.15) is 17.7 Å². The third-order valence-corrected chi connectivity index (χ3v) is 4.49. The Morgan fingerprint density at radius 2 is 2.08 bits per heavy atom. The predicted molar refractivity (Wildman–Crippen MR) is 97.8 cm³/mol. The van der Waals surface area contributed by atoms with E-state index in [2.05, 4.69) is 40.0 Å². The molecular formula is C20H21N3O2. The summed E-state index contributed by atoms with van der Waals surface area (Å²) in [5.74, 6) is 1.68. The molecule has 5 nitrogen and oxygen atoms in total. The van der Waals surface area contributed by atoms with E-state index in [0.29, 0.717) is 17.8 Å². The van der Waals surface area contributed by atoms with Gasteiger partial charge in [-0.25, -0.2) is 4.98 Å². The maximum Gasteiger partial charge on any atom is 0.258 e. The Kier molecular flexibility index (Phi) is 4.01. The van der Waals surface area contributed by atoms with E-state index in [-0.39, 0.29) is 11.7 Å². The van der Waals surface area contributed by atoms with Crippen molar-refractivity contribution in [1.29, 1.82) is 0 Å². The number of H-pyrrole nitrogens is 1. The zero-order chi connectivity index (χ0) is 17.4. The highest BCUT2D eigenvalue weighted by Crippen LogP contribution is 2.29. The van der Waals surface area contributed by atoms with Crippen molar-refractivity contribution in [2.75, 3.05) is 7.05 Å². The first kappa shape index (κ1) is 15.8. The normalized spacial score (nSPS) is 16.2. The largest absolute Gasteiger partial charge is 0.490 e. The molecular weight excluding hydrogens is 314 g/mol. The van der Waals surface area contributed by atoms with Crippen molar-refractivity contribution >= 4 is 10.9 Å². The van der Waals surface area contributed by atoms with E-state index < -0.39 is 0 Å². The van der Waals surface area contributed by atoms with Gasteiger partial charge in [0.05, 0.1) is 17.4 Å². The lowest BCUT2D eigenvalue weighted by molar-refractivity contribution is 0.254. The Bertz CT molecular complexity index is 980. The molecule has 3 aromatic rings. The average molecular weight is 335 g/mol. The quantitative estimate of drug-likeness (QED) is 0.796. The van der Waals surface area contributed by atoms with Gasteiger partial charge in [0.15, 0.2) is 0 Å². The summed E-state index contributed by atoms with van der Waals surface area (Å²) in [6, 6.07) is 13.8. The minimum Gasteiger partial charge on any atom is -0.490 e. The topological polar surface area (TPSA) is 58.2 Å². The minimum absolute atomic E-state index is 0.0855. The monoisotopic (exact) mass is 335 g/mol. The fraction of sp³-hybridized carbons (Fsp3) is 0.300. The van der Waals surface area contributed by atoms with Gasteiger partial charge in [-0.05, 0) is 43.3 Å². The molecule has 1 aliphatic rings. The Balaban J connectivity index is 1.50. The minimum atomic E-state index is -0.0855. The highest BCUT2D eigenvalue weighted by atomic mass is 16.5. The number of rotatable bonds is 4. The van der Waals surface area contributed by atoms with Crippen LogP contribution in [-0.4, -0.2) is 28.0 Å². The lowest BCUT2D eigenvalue weighted by atomic mass is 10.1. The van der Waals surface area contributed by atoms with Crippen molar-refractivity contribution in [3.63, 3.8) is 0 Å². The summed E-state index contributed by atoms with van der Waals surface area (Å²) in [7, 11) is 2.03. The molecule has 0 bridgehead atoms. The van der Waals surface area contributed by atoms with Crippen LogP contribution >= 0.6 is 0 Å². The summed E-state index contributed by atoms with van der Waals surface area (Å²) >= 11 is 0. The lowest BCUT2D eigenvalue weighted by Gasteiger charge is -2.16. The number of hydrogen-bond acceptors (Lipinski definition) is 4. The van der Waals surface area contributed by atoms with Crippen LogP contribution < -0.4 is 10.3 Å². The van der Waals surface area contributed by atoms with Gasteiger partial charge in [0.25, 0.3) is 5.56 Å². The average Bonchev–Trinajstić information content (AvgIpc) is 2.94. The van der Waals surface area contributed by atoms with Crippen LogP contribution in [0.1, 0.15) is 23.9 Å². The van der Waals surface area contributed by atoms with Gasteiger partial charge < -0.3 is 9.72 Å². The van der Waals surface area contributed by atoms with Crippen molar-refractivity contribution < 1.29 is 4.74 Å². The van der Waals surface area contributed by atoms with Crippen molar-refractivity contribution in [2.24, 2.45) is 0 Å². The first-order chi connectivity index (χ1) is 12.1. The van der Waals surface area contributed by atoms with Crippen LogP contribution in [0.3, 0.4) is 0 Å². The van der Waals surface area contributed by atoms with Crippen LogP contribution in [0.4, 0.5) is 0 Å². The summed E-state index contributed by atoms with van der Waals surface area (Å²) in [6.07, 6.45) is 1.22. The fourth-order valence-electron chi connectivity index (χ4n) is 3.41. The number of aromatic nitrogens is 2. The van der Waals surface area contributed by atoms with Crippen LogP contribution in [0, 0.1) is 0 Å². The SMILES string of the molecule is CC1Cc2cc(CN(C)Cc3nc4ccccc4c(=O)[nH]3)ccc2O1. The van der Waals surface area contributed by atoms with Gasteiger partial charge in [-0.1, -0.05) is 24.3 Å². The molecule has 5 heteroatoms. The van der Waals surface area contributed by atoms with Crippen LogP contribution in [0.2, 0.25) is 0 Å². The van der Waals surface area contributed by atoms with Gasteiger partial charge in [0, 0.05) is 13.0 Å². The van der Waals surface area contributed by atoms with E-state index in [0.717, 1.165) is 24.2 Å². The molecule has 4 rings (SSSR count). The fourth-order valence-corrected chi connectivity index (χ4v) is 3.41. The molecule has 0 fully saturated rings. The molecule has 25 heavy (non-hydrogen) atoms. The summed E-state index contributed by atoms with van der Waals surface area (Å²) in [4.78, 5) is 21.8. The first-order valence-corrected chi connectivity index (χ1v) is 8.53. The molecule has 0 saturated carbocycles. The Labute approximate surface area is 146 Å². The third-order valence-electron chi connectivity index (χ3n) is 4.49.